The Morgan fingerprint density at radius 2 is 2.08 bits per heavy atom. The number of hydrogen-bond acceptors (Lipinski definition) is 7. The van der Waals surface area contributed by atoms with Crippen molar-refractivity contribution in [1.82, 2.24) is 4.98 Å². The predicted molar refractivity (Wildman–Crippen MR) is 135 cm³/mol. The summed E-state index contributed by atoms with van der Waals surface area (Å²) in [4.78, 5) is 29.1. The van der Waals surface area contributed by atoms with Crippen LogP contribution >= 0.6 is 11.6 Å². The minimum atomic E-state index is -1.11. The molecule has 0 saturated heterocycles. The number of fused-ring (bicyclic) bond motifs is 4. The molecule has 2 aromatic heterocycles. The van der Waals surface area contributed by atoms with Gasteiger partial charge in [-0.3, -0.25) is 9.78 Å². The Balaban J connectivity index is 1.61. The van der Waals surface area contributed by atoms with E-state index in [0.717, 1.165) is 12.8 Å². The number of alkyl halides is 1. The first-order valence-electron chi connectivity index (χ1n) is 12.6. The summed E-state index contributed by atoms with van der Waals surface area (Å²) < 4.78 is 17.8. The molecule has 36 heavy (non-hydrogen) atoms. The first-order chi connectivity index (χ1) is 16.9. The van der Waals surface area contributed by atoms with Gasteiger partial charge in [0.2, 0.25) is 0 Å². The van der Waals surface area contributed by atoms with E-state index in [4.69, 9.17) is 25.5 Å². The Labute approximate surface area is 216 Å². The molecule has 2 saturated carbocycles. The van der Waals surface area contributed by atoms with Gasteiger partial charge in [0, 0.05) is 42.3 Å². The van der Waals surface area contributed by atoms with Crippen molar-refractivity contribution in [2.75, 3.05) is 6.61 Å². The van der Waals surface area contributed by atoms with Crippen molar-refractivity contribution in [3.8, 4) is 17.1 Å². The van der Waals surface area contributed by atoms with Crippen molar-refractivity contribution in [2.45, 2.75) is 71.0 Å². The third-order valence-electron chi connectivity index (χ3n) is 9.65. The summed E-state index contributed by atoms with van der Waals surface area (Å²) in [6.45, 7) is 10.2. The third kappa shape index (κ3) is 3.61. The molecular formula is C28H34ClNO6. The number of carbonyl (C=O) groups is 1. The van der Waals surface area contributed by atoms with Crippen molar-refractivity contribution in [3.63, 3.8) is 0 Å². The molecule has 0 aromatic carbocycles. The SMILES string of the molecule is CC(=O)OC[C@@]1(C)C2C[C@@H](Cl)[C@@]3(C)Oc4cc(-c5cccnc5)oc(=O)c4[C@H](O)C3[C@@]2(C)CC[C@@H]1C. The molecule has 3 heterocycles. The molecule has 7 nitrogen and oxygen atoms in total. The van der Waals surface area contributed by atoms with Crippen molar-refractivity contribution in [3.05, 3.63) is 46.6 Å². The standard InChI is InChI=1S/C28H34ClNO6/c1-15-8-9-26(3)20(27(15,4)14-34-16(2)31)12-21(29)28(5)24(26)23(32)22-19(36-28)11-18(35-25(22)33)17-7-6-10-30-13-17/h6-7,10-11,13,15,20-21,23-24,32H,8-9,12,14H2,1-5H3/t15-,20?,21+,23-,24?,26-,27+,28+/m0/s1. The lowest BCUT2D eigenvalue weighted by atomic mass is 9.42. The molecule has 2 unspecified atom stereocenters. The Bertz CT molecular complexity index is 1230. The minimum Gasteiger partial charge on any atom is -0.485 e. The van der Waals surface area contributed by atoms with E-state index >= 15 is 0 Å². The largest absolute Gasteiger partial charge is 0.485 e. The van der Waals surface area contributed by atoms with Crippen LogP contribution in [0.2, 0.25) is 0 Å². The molecule has 2 fully saturated rings. The molecule has 5 rings (SSSR count). The summed E-state index contributed by atoms with van der Waals surface area (Å²) in [5.41, 5.74) is -1.50. The van der Waals surface area contributed by atoms with Gasteiger partial charge >= 0.3 is 11.6 Å². The summed E-state index contributed by atoms with van der Waals surface area (Å²) in [5.74, 6) is 0.216. The highest BCUT2D eigenvalue weighted by molar-refractivity contribution is 6.21. The average Bonchev–Trinajstić information content (AvgIpc) is 2.82. The van der Waals surface area contributed by atoms with E-state index in [1.807, 2.05) is 6.92 Å². The molecule has 0 amide bonds. The van der Waals surface area contributed by atoms with E-state index < -0.39 is 34.0 Å². The number of nitrogens with zero attached hydrogens (tertiary/aromatic N) is 1. The first kappa shape index (κ1) is 25.3. The predicted octanol–water partition coefficient (Wildman–Crippen LogP) is 5.14. The topological polar surface area (TPSA) is 98.9 Å². The number of aromatic nitrogens is 1. The lowest BCUT2D eigenvalue weighted by molar-refractivity contribution is -0.221. The number of pyridine rings is 1. The van der Waals surface area contributed by atoms with Gasteiger partial charge in [-0.15, -0.1) is 11.6 Å². The fourth-order valence-electron chi connectivity index (χ4n) is 7.52. The van der Waals surface area contributed by atoms with Crippen LogP contribution < -0.4 is 10.4 Å². The highest BCUT2D eigenvalue weighted by Gasteiger charge is 2.68. The average molecular weight is 516 g/mol. The molecule has 0 radical (unpaired) electrons. The van der Waals surface area contributed by atoms with E-state index in [-0.39, 0.29) is 22.9 Å². The van der Waals surface area contributed by atoms with Crippen molar-refractivity contribution < 1.29 is 23.8 Å². The monoisotopic (exact) mass is 515 g/mol. The molecule has 8 atom stereocenters. The summed E-state index contributed by atoms with van der Waals surface area (Å²) in [7, 11) is 0. The fraction of sp³-hybridized carbons (Fsp3) is 0.607. The van der Waals surface area contributed by atoms with Gasteiger partial charge in [0.15, 0.2) is 0 Å². The quantitative estimate of drug-likeness (QED) is 0.446. The molecule has 1 aliphatic heterocycles. The number of aliphatic hydroxyl groups is 1. The van der Waals surface area contributed by atoms with Crippen LogP contribution in [0.4, 0.5) is 0 Å². The highest BCUT2D eigenvalue weighted by atomic mass is 35.5. The Morgan fingerprint density at radius 1 is 1.33 bits per heavy atom. The normalized spacial score (nSPS) is 39.2. The number of aliphatic hydroxyl groups excluding tert-OH is 1. The number of rotatable bonds is 3. The molecule has 2 aliphatic carbocycles. The maximum atomic E-state index is 13.2. The van der Waals surface area contributed by atoms with Crippen LogP contribution in [-0.4, -0.2) is 33.6 Å². The Morgan fingerprint density at radius 3 is 2.75 bits per heavy atom. The molecule has 0 bridgehead atoms. The highest BCUT2D eigenvalue weighted by Crippen LogP contribution is 2.68. The minimum absolute atomic E-state index is 0.0511. The second-order valence-electron chi connectivity index (χ2n) is 11.6. The molecule has 3 aliphatic rings. The van der Waals surface area contributed by atoms with Crippen LogP contribution in [0, 0.1) is 28.6 Å². The second-order valence-corrected chi connectivity index (χ2v) is 12.1. The number of hydrogen-bond donors (Lipinski definition) is 1. The Kier molecular flexibility index (Phi) is 6.03. The number of carbonyl (C=O) groups excluding carboxylic acids is 1. The van der Waals surface area contributed by atoms with Crippen LogP contribution in [0.5, 0.6) is 5.75 Å². The number of ether oxygens (including phenoxy) is 2. The van der Waals surface area contributed by atoms with Gasteiger partial charge in [0.05, 0.1) is 18.1 Å². The maximum absolute atomic E-state index is 13.2. The molecule has 194 valence electrons. The van der Waals surface area contributed by atoms with E-state index in [1.165, 1.54) is 6.92 Å². The molecule has 0 spiro atoms. The fourth-order valence-corrected chi connectivity index (χ4v) is 7.88. The smallest absolute Gasteiger partial charge is 0.345 e. The number of esters is 1. The van der Waals surface area contributed by atoms with E-state index in [2.05, 4.69) is 25.8 Å². The lowest BCUT2D eigenvalue weighted by Crippen LogP contribution is -2.68. The zero-order chi connectivity index (χ0) is 26.0. The summed E-state index contributed by atoms with van der Waals surface area (Å²) in [5, 5.41) is 11.4. The summed E-state index contributed by atoms with van der Waals surface area (Å²) >= 11 is 7.12. The molecular weight excluding hydrogens is 482 g/mol. The van der Waals surface area contributed by atoms with Gasteiger partial charge in [-0.25, -0.2) is 4.79 Å². The van der Waals surface area contributed by atoms with E-state index in [0.29, 0.717) is 36.0 Å². The van der Waals surface area contributed by atoms with Gasteiger partial charge in [-0.05, 0) is 55.6 Å². The van der Waals surface area contributed by atoms with Crippen LogP contribution in [0.1, 0.15) is 65.5 Å². The van der Waals surface area contributed by atoms with Crippen LogP contribution in [0.15, 0.2) is 39.8 Å². The van der Waals surface area contributed by atoms with E-state index in [1.54, 1.807) is 30.6 Å². The van der Waals surface area contributed by atoms with Crippen LogP contribution in [0.3, 0.4) is 0 Å². The zero-order valence-electron chi connectivity index (χ0n) is 21.4. The zero-order valence-corrected chi connectivity index (χ0v) is 22.2. The Hall–Kier alpha value is -2.38. The summed E-state index contributed by atoms with van der Waals surface area (Å²) in [6.07, 6.45) is 4.53. The van der Waals surface area contributed by atoms with Gasteiger partial charge in [-0.1, -0.05) is 20.8 Å². The van der Waals surface area contributed by atoms with Gasteiger partial charge in [-0.2, -0.15) is 0 Å². The molecule has 8 heteroatoms. The molecule has 2 aromatic rings. The van der Waals surface area contributed by atoms with Gasteiger partial charge in [0.25, 0.3) is 0 Å². The van der Waals surface area contributed by atoms with Gasteiger partial charge in [0.1, 0.15) is 22.7 Å². The van der Waals surface area contributed by atoms with Crippen molar-refractivity contribution in [1.29, 1.82) is 0 Å². The second kappa shape index (κ2) is 8.59. The first-order valence-corrected chi connectivity index (χ1v) is 13.1. The summed E-state index contributed by atoms with van der Waals surface area (Å²) in [6, 6.07) is 5.21. The van der Waals surface area contributed by atoms with Gasteiger partial charge < -0.3 is 19.0 Å². The molecule has 1 N–H and O–H groups in total. The van der Waals surface area contributed by atoms with Crippen LogP contribution in [0.25, 0.3) is 11.3 Å². The van der Waals surface area contributed by atoms with E-state index in [9.17, 15) is 14.7 Å². The maximum Gasteiger partial charge on any atom is 0.345 e. The number of halogens is 1. The lowest BCUT2D eigenvalue weighted by Gasteiger charge is -2.66. The van der Waals surface area contributed by atoms with Crippen molar-refractivity contribution >= 4 is 17.6 Å². The van der Waals surface area contributed by atoms with Crippen molar-refractivity contribution in [2.24, 2.45) is 28.6 Å². The van der Waals surface area contributed by atoms with Crippen LogP contribution in [-0.2, 0) is 9.53 Å². The third-order valence-corrected chi connectivity index (χ3v) is 10.3.